The van der Waals surface area contributed by atoms with Gasteiger partial charge in [-0.1, -0.05) is 127 Å². The molecule has 0 saturated carbocycles. The van der Waals surface area contributed by atoms with Gasteiger partial charge in [-0.2, -0.15) is 0 Å². The lowest BCUT2D eigenvalue weighted by Gasteiger charge is -2.37. The number of aliphatic hydroxyl groups is 1. The zero-order valence-electron chi connectivity index (χ0n) is 26.1. The quantitative estimate of drug-likeness (QED) is 0.163. The molecule has 1 heterocycles. The average Bonchev–Trinajstić information content (AvgIpc) is 3.45. The molecule has 1 aliphatic heterocycles. The number of hydrogen-bond acceptors (Lipinski definition) is 7. The Morgan fingerprint density at radius 2 is 1.34 bits per heavy atom. The number of sulfone groups is 1. The van der Waals surface area contributed by atoms with Crippen LogP contribution in [0.5, 0.6) is 0 Å². The normalized spacial score (nSPS) is 17.7. The van der Waals surface area contributed by atoms with E-state index in [1.165, 1.54) is 0 Å². The summed E-state index contributed by atoms with van der Waals surface area (Å²) in [6, 6.07) is 42.1. The summed E-state index contributed by atoms with van der Waals surface area (Å²) in [6.07, 6.45) is 0. The van der Waals surface area contributed by atoms with Crippen molar-refractivity contribution in [2.75, 3.05) is 6.61 Å². The van der Waals surface area contributed by atoms with Crippen molar-refractivity contribution in [3.8, 4) is 0 Å². The number of esters is 1. The fraction of sp³-hybridized carbons (Fsp3) is 0.179. The van der Waals surface area contributed by atoms with E-state index in [2.05, 4.69) is 4.90 Å². The highest BCUT2D eigenvalue weighted by molar-refractivity contribution is 7.90. The topological polar surface area (TPSA) is 96.3 Å². The van der Waals surface area contributed by atoms with Gasteiger partial charge in [-0.3, -0.25) is 0 Å². The van der Waals surface area contributed by atoms with Gasteiger partial charge in [-0.05, 0) is 46.9 Å². The van der Waals surface area contributed by atoms with Gasteiger partial charge in [-0.15, -0.1) is 0 Å². The van der Waals surface area contributed by atoms with Crippen LogP contribution < -0.4 is 0 Å². The molecule has 5 aromatic carbocycles. The summed E-state index contributed by atoms with van der Waals surface area (Å²) in [6.45, 7) is 2.30. The molecule has 0 amide bonds. The Hall–Kier alpha value is -5.05. The van der Waals surface area contributed by atoms with Gasteiger partial charge >= 0.3 is 5.97 Å². The number of benzene rings is 5. The maximum Gasteiger partial charge on any atom is 0.341 e. The molecule has 2 atom stereocenters. The first-order valence-electron chi connectivity index (χ1n) is 15.6. The van der Waals surface area contributed by atoms with E-state index in [9.17, 15) is 18.3 Å². The molecule has 0 unspecified atom stereocenters. The van der Waals surface area contributed by atoms with Crippen molar-refractivity contribution in [2.24, 2.45) is 4.99 Å². The molecule has 1 aliphatic rings. The van der Waals surface area contributed by atoms with E-state index in [0.717, 1.165) is 22.3 Å². The molecule has 0 aliphatic carbocycles. The minimum Gasteiger partial charge on any atom is -0.464 e. The highest BCUT2D eigenvalue weighted by Gasteiger charge is 2.57. The fourth-order valence-corrected chi connectivity index (χ4v) is 7.52. The van der Waals surface area contributed by atoms with Crippen LogP contribution in [-0.4, -0.2) is 36.8 Å². The van der Waals surface area contributed by atoms with Gasteiger partial charge in [0.2, 0.25) is 5.54 Å². The number of amidine groups is 1. The Bertz CT molecular complexity index is 1950. The second-order valence-corrected chi connectivity index (χ2v) is 13.5. The van der Waals surface area contributed by atoms with Gasteiger partial charge in [0.05, 0.1) is 29.9 Å². The molecule has 1 N–H and O–H groups in total. The van der Waals surface area contributed by atoms with Gasteiger partial charge in [0, 0.05) is 12.1 Å². The first-order valence-corrected chi connectivity index (χ1v) is 17.2. The molecule has 7 nitrogen and oxygen atoms in total. The highest BCUT2D eigenvalue weighted by atomic mass is 32.2. The minimum absolute atomic E-state index is 0.0910. The second-order valence-electron chi connectivity index (χ2n) is 11.5. The lowest BCUT2D eigenvalue weighted by Crippen LogP contribution is -2.44. The van der Waals surface area contributed by atoms with E-state index in [4.69, 9.17) is 9.73 Å². The summed E-state index contributed by atoms with van der Waals surface area (Å²) in [4.78, 5) is 22.1. The number of hydrogen-bond donors (Lipinski definition) is 1. The molecule has 0 aromatic heterocycles. The Morgan fingerprint density at radius 3 is 1.94 bits per heavy atom. The molecule has 6 rings (SSSR count). The van der Waals surface area contributed by atoms with E-state index < -0.39 is 27.4 Å². The van der Waals surface area contributed by atoms with Crippen LogP contribution in [0.1, 0.15) is 46.3 Å². The zero-order valence-corrected chi connectivity index (χ0v) is 26.9. The van der Waals surface area contributed by atoms with E-state index in [1.807, 2.05) is 109 Å². The third-order valence-corrected chi connectivity index (χ3v) is 10.1. The second kappa shape index (κ2) is 13.7. The molecule has 0 saturated heterocycles. The lowest BCUT2D eigenvalue weighted by molar-refractivity contribution is -0.151. The van der Waals surface area contributed by atoms with Crippen molar-refractivity contribution < 1.29 is 23.1 Å². The van der Waals surface area contributed by atoms with Crippen LogP contribution in [0.2, 0.25) is 0 Å². The van der Waals surface area contributed by atoms with E-state index >= 15 is 0 Å². The van der Waals surface area contributed by atoms with Crippen LogP contribution in [0.3, 0.4) is 0 Å². The fourth-order valence-electron chi connectivity index (χ4n) is 6.15. The van der Waals surface area contributed by atoms with E-state index in [1.54, 1.807) is 37.3 Å². The maximum absolute atomic E-state index is 14.4. The van der Waals surface area contributed by atoms with Crippen LogP contribution in [0.25, 0.3) is 0 Å². The number of aliphatic hydroxyl groups excluding tert-OH is 1. The summed E-state index contributed by atoms with van der Waals surface area (Å²) in [5.74, 6) is -0.0287. The number of aliphatic imine (C=N–C) groups is 1. The molecule has 8 heteroatoms. The van der Waals surface area contributed by atoms with Crippen LogP contribution in [0, 0.1) is 0 Å². The third-order valence-electron chi connectivity index (χ3n) is 8.41. The average molecular weight is 645 g/mol. The molecule has 0 radical (unpaired) electrons. The summed E-state index contributed by atoms with van der Waals surface area (Å²) in [7, 11) is -3.56. The largest absolute Gasteiger partial charge is 0.464 e. The predicted molar refractivity (Wildman–Crippen MR) is 182 cm³/mol. The van der Waals surface area contributed by atoms with Crippen LogP contribution in [0.15, 0.2) is 149 Å². The Labute approximate surface area is 275 Å². The van der Waals surface area contributed by atoms with Crippen LogP contribution in [-0.2, 0) is 43.8 Å². The molecular formula is C39H36N2O5S. The standard InChI is InChI=1S/C39H36N2O5S/c1-2-46-38(43)39(34-14-8-4-9-15-34)36(32-22-20-31(21-23-32)28-47(44,45)35-16-10-5-11-17-35)41(26-29-12-6-3-7-13-29)37(40-39)33-24-18-30(27-42)19-25-33/h3-25,36,42H,2,26-28H2,1H3/t36-,39-/m1/s1. The molecule has 0 bridgehead atoms. The predicted octanol–water partition coefficient (Wildman–Crippen LogP) is 6.62. The van der Waals surface area contributed by atoms with E-state index in [-0.39, 0.29) is 23.9 Å². The van der Waals surface area contributed by atoms with Gasteiger partial charge in [0.25, 0.3) is 0 Å². The molecule has 0 spiro atoms. The molecule has 47 heavy (non-hydrogen) atoms. The van der Waals surface area contributed by atoms with Crippen molar-refractivity contribution in [1.82, 2.24) is 4.90 Å². The smallest absolute Gasteiger partial charge is 0.341 e. The van der Waals surface area contributed by atoms with Crippen molar-refractivity contribution >= 4 is 21.6 Å². The molecule has 238 valence electrons. The summed E-state index contributed by atoms with van der Waals surface area (Å²) >= 11 is 0. The van der Waals surface area contributed by atoms with Crippen molar-refractivity contribution in [3.05, 3.63) is 173 Å². The number of rotatable bonds is 11. The van der Waals surface area contributed by atoms with E-state index in [0.29, 0.717) is 23.5 Å². The Morgan fingerprint density at radius 1 is 0.766 bits per heavy atom. The summed E-state index contributed by atoms with van der Waals surface area (Å²) < 4.78 is 32.2. The van der Waals surface area contributed by atoms with Crippen LogP contribution >= 0.6 is 0 Å². The number of carbonyl (C=O) groups excluding carboxylic acids is 1. The highest BCUT2D eigenvalue weighted by Crippen LogP contribution is 2.50. The van der Waals surface area contributed by atoms with Gasteiger partial charge in [0.15, 0.2) is 9.84 Å². The maximum atomic E-state index is 14.4. The Kier molecular flexibility index (Phi) is 9.33. The van der Waals surface area contributed by atoms with Crippen molar-refractivity contribution in [3.63, 3.8) is 0 Å². The SMILES string of the molecule is CCOC(=O)[C@]1(c2ccccc2)N=C(c2ccc(CO)cc2)N(Cc2ccccc2)[C@@H]1c1ccc(CS(=O)(=O)c2ccccc2)cc1. The first kappa shape index (κ1) is 31.9. The van der Waals surface area contributed by atoms with Crippen molar-refractivity contribution in [1.29, 1.82) is 0 Å². The van der Waals surface area contributed by atoms with Gasteiger partial charge < -0.3 is 14.7 Å². The van der Waals surface area contributed by atoms with Crippen molar-refractivity contribution in [2.45, 2.75) is 42.3 Å². The Balaban J connectivity index is 1.52. The van der Waals surface area contributed by atoms with Crippen LogP contribution in [0.4, 0.5) is 0 Å². The molecular weight excluding hydrogens is 609 g/mol. The summed E-state index contributed by atoms with van der Waals surface area (Å²) in [5, 5.41) is 9.71. The minimum atomic E-state index is -3.56. The molecule has 0 fully saturated rings. The molecule has 5 aromatic rings. The lowest BCUT2D eigenvalue weighted by atomic mass is 9.79. The third kappa shape index (κ3) is 6.48. The number of carbonyl (C=O) groups is 1. The number of nitrogens with zero attached hydrogens (tertiary/aromatic N) is 2. The monoisotopic (exact) mass is 644 g/mol. The first-order chi connectivity index (χ1) is 22.9. The number of ether oxygens (including phenoxy) is 1. The van der Waals surface area contributed by atoms with Gasteiger partial charge in [0.1, 0.15) is 5.84 Å². The summed E-state index contributed by atoms with van der Waals surface area (Å²) in [5.41, 5.74) is 3.19. The van der Waals surface area contributed by atoms with Gasteiger partial charge in [-0.25, -0.2) is 18.2 Å². The zero-order chi connectivity index (χ0) is 32.9.